The van der Waals surface area contributed by atoms with Gasteiger partial charge in [-0.3, -0.25) is 9.48 Å². The van der Waals surface area contributed by atoms with Gasteiger partial charge >= 0.3 is 0 Å². The lowest BCUT2D eigenvalue weighted by Crippen LogP contribution is -2.28. The topological polar surface area (TPSA) is 92.9 Å². The Bertz CT molecular complexity index is 960. The van der Waals surface area contributed by atoms with E-state index in [1.165, 1.54) is 0 Å². The Morgan fingerprint density at radius 1 is 1.19 bits per heavy atom. The van der Waals surface area contributed by atoms with Gasteiger partial charge in [-0.1, -0.05) is 6.07 Å². The SMILES string of the molecule is Cn1cc(-c2ccc3nnc(NC(=O)[C@H]4CC[C@H](CO)CC4)cc3c2)cn1. The summed E-state index contributed by atoms with van der Waals surface area (Å²) in [5, 5.41) is 25.6. The molecule has 1 aromatic carbocycles. The van der Waals surface area contributed by atoms with Crippen molar-refractivity contribution in [3.05, 3.63) is 36.7 Å². The molecule has 7 heteroatoms. The first-order valence-corrected chi connectivity index (χ1v) is 9.30. The first kappa shape index (κ1) is 17.6. The lowest BCUT2D eigenvalue weighted by Gasteiger charge is -2.26. The summed E-state index contributed by atoms with van der Waals surface area (Å²) in [4.78, 5) is 12.5. The normalized spacial score (nSPS) is 19.9. The molecule has 0 unspecified atom stereocenters. The van der Waals surface area contributed by atoms with Crippen LogP contribution in [0.3, 0.4) is 0 Å². The van der Waals surface area contributed by atoms with Gasteiger partial charge in [0.2, 0.25) is 5.91 Å². The van der Waals surface area contributed by atoms with Crippen LogP contribution in [0.2, 0.25) is 0 Å². The van der Waals surface area contributed by atoms with E-state index < -0.39 is 0 Å². The standard InChI is InChI=1S/C20H23N5O2/c1-25-11-17(10-21-25)15-6-7-18-16(8-15)9-19(24-23-18)22-20(27)14-4-2-13(12-26)3-5-14/h6-11,13-14,26H,2-5,12H2,1H3,(H,22,24,27)/t13-,14-. The first-order valence-electron chi connectivity index (χ1n) is 9.30. The molecular weight excluding hydrogens is 342 g/mol. The van der Waals surface area contributed by atoms with Crippen molar-refractivity contribution in [3.8, 4) is 11.1 Å². The Balaban J connectivity index is 1.51. The highest BCUT2D eigenvalue weighted by Gasteiger charge is 2.26. The van der Waals surface area contributed by atoms with E-state index in [1.807, 2.05) is 43.7 Å². The molecule has 0 saturated heterocycles. The van der Waals surface area contributed by atoms with Crippen molar-refractivity contribution in [1.29, 1.82) is 0 Å². The summed E-state index contributed by atoms with van der Waals surface area (Å²) in [5.74, 6) is 0.774. The van der Waals surface area contributed by atoms with Crippen molar-refractivity contribution in [1.82, 2.24) is 20.0 Å². The third-order valence-electron chi connectivity index (χ3n) is 5.35. The quantitative estimate of drug-likeness (QED) is 0.742. The number of nitrogens with one attached hydrogen (secondary N) is 1. The summed E-state index contributed by atoms with van der Waals surface area (Å²) in [6.45, 7) is 0.212. The van der Waals surface area contributed by atoms with E-state index in [4.69, 9.17) is 0 Å². The molecule has 0 bridgehead atoms. The van der Waals surface area contributed by atoms with Gasteiger partial charge < -0.3 is 10.4 Å². The molecule has 2 heterocycles. The van der Waals surface area contributed by atoms with Gasteiger partial charge in [-0.15, -0.1) is 10.2 Å². The van der Waals surface area contributed by atoms with Crippen LogP contribution in [0.25, 0.3) is 22.0 Å². The third kappa shape index (κ3) is 3.83. The van der Waals surface area contributed by atoms with Crippen molar-refractivity contribution in [2.45, 2.75) is 25.7 Å². The lowest BCUT2D eigenvalue weighted by molar-refractivity contribution is -0.121. The van der Waals surface area contributed by atoms with Crippen LogP contribution in [0.4, 0.5) is 5.82 Å². The highest BCUT2D eigenvalue weighted by atomic mass is 16.3. The Hall–Kier alpha value is -2.80. The zero-order valence-electron chi connectivity index (χ0n) is 15.3. The number of rotatable bonds is 4. The van der Waals surface area contributed by atoms with E-state index in [0.29, 0.717) is 11.7 Å². The summed E-state index contributed by atoms with van der Waals surface area (Å²) < 4.78 is 1.77. The fourth-order valence-corrected chi connectivity index (χ4v) is 3.69. The number of anilines is 1. The van der Waals surface area contributed by atoms with Crippen LogP contribution in [-0.2, 0) is 11.8 Å². The molecule has 140 valence electrons. The number of benzene rings is 1. The Morgan fingerprint density at radius 3 is 2.70 bits per heavy atom. The summed E-state index contributed by atoms with van der Waals surface area (Å²) in [7, 11) is 1.89. The zero-order chi connectivity index (χ0) is 18.8. The predicted molar refractivity (Wildman–Crippen MR) is 103 cm³/mol. The molecule has 2 N–H and O–H groups in total. The highest BCUT2D eigenvalue weighted by molar-refractivity contribution is 5.94. The molecule has 3 aromatic rings. The molecular formula is C20H23N5O2. The molecule has 1 saturated carbocycles. The maximum absolute atomic E-state index is 12.5. The van der Waals surface area contributed by atoms with Gasteiger partial charge in [0, 0.05) is 36.7 Å². The minimum absolute atomic E-state index is 0.0107. The number of aliphatic hydroxyl groups excluding tert-OH is 1. The Morgan fingerprint density at radius 2 is 2.00 bits per heavy atom. The number of hydrogen-bond donors (Lipinski definition) is 2. The molecule has 1 amide bonds. The van der Waals surface area contributed by atoms with Gasteiger partial charge in [-0.2, -0.15) is 5.10 Å². The average molecular weight is 365 g/mol. The van der Waals surface area contributed by atoms with E-state index in [1.54, 1.807) is 4.68 Å². The van der Waals surface area contributed by atoms with Crippen LogP contribution in [-0.4, -0.2) is 37.6 Å². The maximum atomic E-state index is 12.5. The largest absolute Gasteiger partial charge is 0.396 e. The fraction of sp³-hybridized carbons (Fsp3) is 0.400. The number of hydrogen-bond acceptors (Lipinski definition) is 5. The van der Waals surface area contributed by atoms with Gasteiger partial charge in [-0.25, -0.2) is 0 Å². The fourth-order valence-electron chi connectivity index (χ4n) is 3.69. The number of nitrogens with zero attached hydrogens (tertiary/aromatic N) is 4. The number of amides is 1. The van der Waals surface area contributed by atoms with Crippen LogP contribution in [0.1, 0.15) is 25.7 Å². The molecule has 0 radical (unpaired) electrons. The van der Waals surface area contributed by atoms with E-state index in [2.05, 4.69) is 20.6 Å². The minimum atomic E-state index is -0.0213. The molecule has 27 heavy (non-hydrogen) atoms. The van der Waals surface area contributed by atoms with E-state index in [-0.39, 0.29) is 18.4 Å². The molecule has 0 aliphatic heterocycles. The minimum Gasteiger partial charge on any atom is -0.396 e. The van der Waals surface area contributed by atoms with Crippen LogP contribution in [0.15, 0.2) is 36.7 Å². The molecule has 1 aliphatic rings. The van der Waals surface area contributed by atoms with Gasteiger partial charge in [0.05, 0.1) is 11.7 Å². The van der Waals surface area contributed by atoms with Crippen molar-refractivity contribution >= 4 is 22.6 Å². The Labute approximate surface area is 157 Å². The first-order chi connectivity index (χ1) is 13.1. The van der Waals surface area contributed by atoms with E-state index >= 15 is 0 Å². The molecule has 1 aliphatic carbocycles. The molecule has 4 rings (SSSR count). The van der Waals surface area contributed by atoms with Crippen LogP contribution in [0, 0.1) is 11.8 Å². The van der Waals surface area contributed by atoms with Crippen molar-refractivity contribution in [2.75, 3.05) is 11.9 Å². The van der Waals surface area contributed by atoms with Gasteiger partial charge in [0.1, 0.15) is 0 Å². The molecule has 7 nitrogen and oxygen atoms in total. The summed E-state index contributed by atoms with van der Waals surface area (Å²) in [5.41, 5.74) is 2.86. The monoisotopic (exact) mass is 365 g/mol. The zero-order valence-corrected chi connectivity index (χ0v) is 15.3. The van der Waals surface area contributed by atoms with Crippen molar-refractivity contribution < 1.29 is 9.90 Å². The van der Waals surface area contributed by atoms with Crippen molar-refractivity contribution in [3.63, 3.8) is 0 Å². The van der Waals surface area contributed by atoms with E-state index in [0.717, 1.165) is 47.7 Å². The van der Waals surface area contributed by atoms with Crippen molar-refractivity contribution in [2.24, 2.45) is 18.9 Å². The highest BCUT2D eigenvalue weighted by Crippen LogP contribution is 2.29. The number of carbonyl (C=O) groups is 1. The molecule has 2 aromatic heterocycles. The van der Waals surface area contributed by atoms with Crippen LogP contribution in [0.5, 0.6) is 0 Å². The maximum Gasteiger partial charge on any atom is 0.228 e. The predicted octanol–water partition coefficient (Wildman–Crippen LogP) is 2.77. The molecule has 0 atom stereocenters. The average Bonchev–Trinajstić information content (AvgIpc) is 3.14. The summed E-state index contributed by atoms with van der Waals surface area (Å²) >= 11 is 0. The number of aliphatic hydroxyl groups is 1. The van der Waals surface area contributed by atoms with E-state index in [9.17, 15) is 9.90 Å². The smallest absolute Gasteiger partial charge is 0.228 e. The lowest BCUT2D eigenvalue weighted by atomic mass is 9.82. The van der Waals surface area contributed by atoms with Gasteiger partial charge in [0.25, 0.3) is 0 Å². The molecule has 0 spiro atoms. The summed E-state index contributed by atoms with van der Waals surface area (Å²) in [6, 6.07) is 7.81. The number of fused-ring (bicyclic) bond motifs is 1. The third-order valence-corrected chi connectivity index (χ3v) is 5.35. The van der Waals surface area contributed by atoms with Crippen LogP contribution >= 0.6 is 0 Å². The number of carbonyl (C=O) groups excluding carboxylic acids is 1. The number of aryl methyl sites for hydroxylation is 1. The number of aromatic nitrogens is 4. The van der Waals surface area contributed by atoms with Crippen LogP contribution < -0.4 is 5.32 Å². The van der Waals surface area contributed by atoms with Gasteiger partial charge in [0.15, 0.2) is 5.82 Å². The second kappa shape index (κ2) is 7.44. The van der Waals surface area contributed by atoms with Gasteiger partial charge in [-0.05, 0) is 55.4 Å². The Kier molecular flexibility index (Phi) is 4.85. The summed E-state index contributed by atoms with van der Waals surface area (Å²) in [6.07, 6.45) is 7.19. The molecule has 1 fully saturated rings. The second-order valence-corrected chi connectivity index (χ2v) is 7.30. The second-order valence-electron chi connectivity index (χ2n) is 7.30.